The van der Waals surface area contributed by atoms with E-state index in [1.165, 1.54) is 33.4 Å². The van der Waals surface area contributed by atoms with E-state index in [9.17, 15) is 0 Å². The van der Waals surface area contributed by atoms with Crippen LogP contribution < -0.4 is 9.30 Å². The van der Waals surface area contributed by atoms with Gasteiger partial charge in [0.15, 0.2) is 0 Å². The Kier molecular flexibility index (Phi) is 8.83. The number of rotatable bonds is 4. The van der Waals surface area contributed by atoms with E-state index in [4.69, 9.17) is 9.72 Å². The molecule has 7 aromatic carbocycles. The van der Waals surface area contributed by atoms with E-state index in [0.29, 0.717) is 11.5 Å². The predicted molar refractivity (Wildman–Crippen MR) is 245 cm³/mol. The van der Waals surface area contributed by atoms with Crippen molar-refractivity contribution in [3.05, 3.63) is 187 Å². The van der Waals surface area contributed by atoms with Crippen LogP contribution in [0, 0.1) is 18.5 Å². The van der Waals surface area contributed by atoms with E-state index in [1.807, 2.05) is 18.2 Å². The van der Waals surface area contributed by atoms with Crippen molar-refractivity contribution in [2.45, 2.75) is 51.4 Å². The van der Waals surface area contributed by atoms with Crippen molar-refractivity contribution < 1.29 is 30.4 Å². The first-order chi connectivity index (χ1) is 29.7. The summed E-state index contributed by atoms with van der Waals surface area (Å²) >= 11 is 0. The van der Waals surface area contributed by atoms with E-state index in [0.717, 1.165) is 74.0 Å². The van der Waals surface area contributed by atoms with Gasteiger partial charge < -0.3 is 13.9 Å². The van der Waals surface area contributed by atoms with E-state index in [-0.39, 0.29) is 31.9 Å². The second-order valence-electron chi connectivity index (χ2n) is 17.8. The Labute approximate surface area is 376 Å². The number of para-hydroxylation sites is 3. The van der Waals surface area contributed by atoms with Gasteiger partial charge in [0.1, 0.15) is 5.82 Å². The van der Waals surface area contributed by atoms with Crippen LogP contribution in [0.2, 0.25) is 0 Å². The molecule has 0 saturated heterocycles. The topological polar surface area (TPSA) is 35.9 Å². The monoisotopic (exact) mass is 981 g/mol. The number of imidazole rings is 1. The molecule has 304 valence electrons. The largest absolute Gasteiger partial charge is 0.510 e. The maximum atomic E-state index is 6.69. The van der Waals surface area contributed by atoms with Crippen molar-refractivity contribution in [3.8, 4) is 62.1 Å². The molecule has 0 amide bonds. The SMILES string of the molecule is CC1(C)CCC(C)(C)c2cc(-n3c4[c-]c(Oc5[c-]c(-n6[c-][n+]7c8c(cccc86)-c6ccccc6-c6ccccc6-c6ccccc6-7)ccc5)ccc4c4ccccc43)ncc21.[Pt]. The van der Waals surface area contributed by atoms with Crippen LogP contribution in [0.3, 0.4) is 0 Å². The molecule has 0 fully saturated rings. The summed E-state index contributed by atoms with van der Waals surface area (Å²) in [4.78, 5) is 5.14. The Bertz CT molecular complexity index is 3430. The molecule has 12 rings (SSSR count). The summed E-state index contributed by atoms with van der Waals surface area (Å²) in [6.07, 6.45) is 8.17. The molecule has 0 unspecified atom stereocenters. The Morgan fingerprint density at radius 2 is 1.16 bits per heavy atom. The average Bonchev–Trinajstić information content (AvgIpc) is 3.85. The molecule has 10 aromatic rings. The van der Waals surface area contributed by atoms with Crippen LogP contribution in [-0.4, -0.2) is 14.1 Å². The molecule has 3 aromatic heterocycles. The smallest absolute Gasteiger partial charge is 0.268 e. The normalized spacial score (nSPS) is 14.5. The van der Waals surface area contributed by atoms with Gasteiger partial charge >= 0.3 is 0 Å². The molecule has 62 heavy (non-hydrogen) atoms. The number of hydrogen-bond donors (Lipinski definition) is 0. The van der Waals surface area contributed by atoms with Gasteiger partial charge in [-0.2, -0.15) is 18.2 Å². The molecule has 0 radical (unpaired) electrons. The number of benzene rings is 7. The summed E-state index contributed by atoms with van der Waals surface area (Å²) in [7, 11) is 0. The van der Waals surface area contributed by atoms with Crippen LogP contribution >= 0.6 is 0 Å². The Balaban J connectivity index is 0.00000432. The van der Waals surface area contributed by atoms with Crippen LogP contribution in [0.4, 0.5) is 0 Å². The predicted octanol–water partition coefficient (Wildman–Crippen LogP) is 13.3. The number of hydrogen-bond acceptors (Lipinski definition) is 2. The minimum Gasteiger partial charge on any atom is -0.510 e. The maximum Gasteiger partial charge on any atom is 0.268 e. The fraction of sp³-hybridized carbons (Fsp3) is 0.143. The molecular formula is C56H42N4OPt-2. The van der Waals surface area contributed by atoms with Crippen LogP contribution in [-0.2, 0) is 31.9 Å². The van der Waals surface area contributed by atoms with Crippen LogP contribution in [0.25, 0.3) is 83.4 Å². The number of nitrogens with zero attached hydrogens (tertiary/aromatic N) is 4. The molecule has 0 spiro atoms. The average molecular weight is 982 g/mol. The number of fused-ring (bicyclic) bond motifs is 11. The first-order valence-electron chi connectivity index (χ1n) is 21.2. The van der Waals surface area contributed by atoms with Crippen molar-refractivity contribution >= 4 is 32.8 Å². The number of aromatic nitrogens is 4. The van der Waals surface area contributed by atoms with Gasteiger partial charge in [0.05, 0.1) is 16.7 Å². The first-order valence-corrected chi connectivity index (χ1v) is 21.2. The molecule has 1 aliphatic carbocycles. The van der Waals surface area contributed by atoms with Gasteiger partial charge in [-0.1, -0.05) is 136 Å². The van der Waals surface area contributed by atoms with E-state index in [1.54, 1.807) is 0 Å². The maximum absolute atomic E-state index is 6.69. The second-order valence-corrected chi connectivity index (χ2v) is 17.8. The van der Waals surface area contributed by atoms with Crippen molar-refractivity contribution in [1.29, 1.82) is 0 Å². The van der Waals surface area contributed by atoms with E-state index < -0.39 is 0 Å². The van der Waals surface area contributed by atoms with Crippen LogP contribution in [0.1, 0.15) is 51.7 Å². The molecule has 1 aliphatic heterocycles. The van der Waals surface area contributed by atoms with Crippen molar-refractivity contribution in [3.63, 3.8) is 0 Å². The first kappa shape index (κ1) is 38.4. The van der Waals surface area contributed by atoms with Gasteiger partial charge in [-0.05, 0) is 97.5 Å². The summed E-state index contributed by atoms with van der Waals surface area (Å²) in [5, 5.41) is 2.26. The molecule has 2 aliphatic rings. The molecule has 0 bridgehead atoms. The van der Waals surface area contributed by atoms with E-state index >= 15 is 0 Å². The van der Waals surface area contributed by atoms with Crippen molar-refractivity contribution in [1.82, 2.24) is 14.1 Å². The van der Waals surface area contributed by atoms with Crippen molar-refractivity contribution in [2.75, 3.05) is 0 Å². The van der Waals surface area contributed by atoms with Gasteiger partial charge in [-0.15, -0.1) is 29.7 Å². The summed E-state index contributed by atoms with van der Waals surface area (Å²) in [6.45, 7) is 9.41. The standard InChI is InChI=1S/C56H42N4O.Pt/c1-55(2)29-30-56(3,4)48-34-57-53(33-47(48)55)60-50-25-12-10-22-44(50)45-28-27-38(32-52(45)60)61-37-16-13-15-36(31-37)58-35-59-49-24-11-9-21-43(49)41-19-7-5-17-39(41)40-18-6-8-20-42(40)46-23-14-26-51(58)54(46)59;/h5-28,33-34H,29-30H2,1-4H3;/q-2;. The summed E-state index contributed by atoms with van der Waals surface area (Å²) in [5.74, 6) is 2.09. The summed E-state index contributed by atoms with van der Waals surface area (Å²) in [5.41, 5.74) is 15.9. The fourth-order valence-corrected chi connectivity index (χ4v) is 10.0. The molecule has 0 N–H and O–H groups in total. The third kappa shape index (κ3) is 5.86. The Hall–Kier alpha value is -6.55. The summed E-state index contributed by atoms with van der Waals surface area (Å²) < 4.78 is 13.3. The minimum absolute atomic E-state index is 0. The zero-order chi connectivity index (χ0) is 41.0. The van der Waals surface area contributed by atoms with Crippen LogP contribution in [0.5, 0.6) is 11.5 Å². The molecule has 6 heteroatoms. The van der Waals surface area contributed by atoms with Gasteiger partial charge in [0.2, 0.25) is 0 Å². The van der Waals surface area contributed by atoms with Gasteiger partial charge in [-0.3, -0.25) is 4.57 Å². The van der Waals surface area contributed by atoms with Gasteiger partial charge in [0, 0.05) is 44.3 Å². The fourth-order valence-electron chi connectivity index (χ4n) is 10.0. The second kappa shape index (κ2) is 14.3. The minimum atomic E-state index is 0. The molecule has 4 heterocycles. The Morgan fingerprint density at radius 3 is 1.94 bits per heavy atom. The van der Waals surface area contributed by atoms with Gasteiger partial charge in [-0.25, -0.2) is 4.98 Å². The van der Waals surface area contributed by atoms with E-state index in [2.05, 4.69) is 200 Å². The molecule has 5 nitrogen and oxygen atoms in total. The van der Waals surface area contributed by atoms with Crippen molar-refractivity contribution in [2.24, 2.45) is 0 Å². The zero-order valence-corrected chi connectivity index (χ0v) is 37.2. The molecule has 0 saturated carbocycles. The quantitative estimate of drug-likeness (QED) is 0.130. The molecule has 0 atom stereocenters. The number of pyridine rings is 1. The third-order valence-corrected chi connectivity index (χ3v) is 13.3. The Morgan fingerprint density at radius 1 is 0.565 bits per heavy atom. The zero-order valence-electron chi connectivity index (χ0n) is 34.9. The van der Waals surface area contributed by atoms with Crippen LogP contribution in [0.15, 0.2) is 158 Å². The molecular weight excluding hydrogens is 940 g/mol. The third-order valence-electron chi connectivity index (χ3n) is 13.3. The number of ether oxygens (including phenoxy) is 1. The summed E-state index contributed by atoms with van der Waals surface area (Å²) in [6, 6.07) is 60.9. The van der Waals surface area contributed by atoms with Gasteiger partial charge in [0.25, 0.3) is 6.33 Å².